The smallest absolute Gasteiger partial charge is 0.325 e. The second kappa shape index (κ2) is 9.57. The van der Waals surface area contributed by atoms with Crippen LogP contribution >= 0.6 is 0 Å². The van der Waals surface area contributed by atoms with Crippen LogP contribution in [0.2, 0.25) is 0 Å². The maximum atomic E-state index is 13.0. The predicted molar refractivity (Wildman–Crippen MR) is 117 cm³/mol. The van der Waals surface area contributed by atoms with Crippen LogP contribution in [0.1, 0.15) is 72.6 Å². The summed E-state index contributed by atoms with van der Waals surface area (Å²) in [6, 6.07) is -0.336. The van der Waals surface area contributed by atoms with Gasteiger partial charge in [-0.2, -0.15) is 0 Å². The minimum Gasteiger partial charge on any atom is -0.353 e. The van der Waals surface area contributed by atoms with E-state index in [1.54, 1.807) is 4.90 Å². The summed E-state index contributed by atoms with van der Waals surface area (Å²) < 4.78 is 0. The highest BCUT2D eigenvalue weighted by atomic mass is 16.2. The number of nitrogens with one attached hydrogen (secondary N) is 2. The van der Waals surface area contributed by atoms with Gasteiger partial charge >= 0.3 is 6.03 Å². The summed E-state index contributed by atoms with van der Waals surface area (Å²) in [6.45, 7) is 9.02. The number of nitrogens with zero attached hydrogens (tertiary/aromatic N) is 2. The van der Waals surface area contributed by atoms with E-state index in [1.165, 1.54) is 0 Å². The Kier molecular flexibility index (Phi) is 7.27. The van der Waals surface area contributed by atoms with E-state index in [4.69, 9.17) is 0 Å². The molecule has 0 aromatic heterocycles. The zero-order valence-corrected chi connectivity index (χ0v) is 19.4. The predicted octanol–water partition coefficient (Wildman–Crippen LogP) is 2.28. The Bertz CT molecular complexity index is 706. The molecule has 0 aromatic carbocycles. The Labute approximate surface area is 185 Å². The van der Waals surface area contributed by atoms with Gasteiger partial charge in [0.2, 0.25) is 11.8 Å². The van der Waals surface area contributed by atoms with E-state index < -0.39 is 11.6 Å². The molecule has 2 saturated heterocycles. The fourth-order valence-corrected chi connectivity index (χ4v) is 4.87. The molecule has 1 spiro atoms. The molecule has 3 fully saturated rings. The molecular weight excluding hydrogens is 396 g/mol. The molecular formula is C23H38N4O4. The van der Waals surface area contributed by atoms with E-state index in [0.717, 1.165) is 24.2 Å². The van der Waals surface area contributed by atoms with Gasteiger partial charge in [0.25, 0.3) is 5.91 Å². The van der Waals surface area contributed by atoms with Gasteiger partial charge in [0, 0.05) is 25.0 Å². The Morgan fingerprint density at radius 2 is 1.71 bits per heavy atom. The monoisotopic (exact) mass is 434 g/mol. The Balaban J connectivity index is 1.50. The normalized spacial score (nSPS) is 28.2. The van der Waals surface area contributed by atoms with Gasteiger partial charge in [-0.1, -0.05) is 27.2 Å². The fourth-order valence-electron chi connectivity index (χ4n) is 4.87. The van der Waals surface area contributed by atoms with Gasteiger partial charge in [0.05, 0.1) is 0 Å². The number of amides is 5. The van der Waals surface area contributed by atoms with Gasteiger partial charge < -0.3 is 15.5 Å². The van der Waals surface area contributed by atoms with Crippen molar-refractivity contribution in [2.75, 3.05) is 19.6 Å². The number of hydrogen-bond donors (Lipinski definition) is 2. The van der Waals surface area contributed by atoms with Gasteiger partial charge in [-0.25, -0.2) is 4.79 Å². The summed E-state index contributed by atoms with van der Waals surface area (Å²) in [4.78, 5) is 53.6. The molecule has 2 heterocycles. The van der Waals surface area contributed by atoms with Crippen molar-refractivity contribution >= 4 is 23.8 Å². The van der Waals surface area contributed by atoms with E-state index in [1.807, 2.05) is 6.92 Å². The maximum absolute atomic E-state index is 13.0. The molecule has 0 radical (unpaired) electrons. The van der Waals surface area contributed by atoms with Crippen LogP contribution in [-0.2, 0) is 14.4 Å². The van der Waals surface area contributed by atoms with Crippen LogP contribution in [0.5, 0.6) is 0 Å². The molecule has 3 aliphatic rings. The summed E-state index contributed by atoms with van der Waals surface area (Å²) in [6.07, 6.45) is 5.44. The molecule has 1 unspecified atom stereocenters. The lowest BCUT2D eigenvalue weighted by Crippen LogP contribution is -2.51. The van der Waals surface area contributed by atoms with E-state index in [9.17, 15) is 19.2 Å². The van der Waals surface area contributed by atoms with Crippen molar-refractivity contribution in [1.82, 2.24) is 20.4 Å². The molecule has 0 bridgehead atoms. The van der Waals surface area contributed by atoms with Gasteiger partial charge in [-0.3, -0.25) is 19.3 Å². The lowest BCUT2D eigenvalue weighted by Gasteiger charge is -2.35. The second-order valence-electron chi connectivity index (χ2n) is 9.95. The van der Waals surface area contributed by atoms with Crippen molar-refractivity contribution in [2.24, 2.45) is 17.8 Å². The van der Waals surface area contributed by atoms with Gasteiger partial charge in [-0.05, 0) is 57.3 Å². The molecule has 8 nitrogen and oxygen atoms in total. The lowest BCUT2D eigenvalue weighted by atomic mass is 9.75. The van der Waals surface area contributed by atoms with Crippen molar-refractivity contribution in [3.8, 4) is 0 Å². The number of rotatable bonds is 6. The first-order valence-electron chi connectivity index (χ1n) is 11.9. The third-order valence-corrected chi connectivity index (χ3v) is 7.66. The van der Waals surface area contributed by atoms with Crippen LogP contribution in [0.3, 0.4) is 0 Å². The van der Waals surface area contributed by atoms with Crippen LogP contribution < -0.4 is 10.6 Å². The molecule has 2 aliphatic heterocycles. The highest BCUT2D eigenvalue weighted by Gasteiger charge is 2.52. The number of urea groups is 1. The topological polar surface area (TPSA) is 98.8 Å². The number of piperidine rings is 1. The Morgan fingerprint density at radius 3 is 2.26 bits per heavy atom. The van der Waals surface area contributed by atoms with E-state index in [2.05, 4.69) is 31.4 Å². The first-order chi connectivity index (χ1) is 14.7. The maximum Gasteiger partial charge on any atom is 0.325 e. The molecule has 31 heavy (non-hydrogen) atoms. The molecule has 1 aliphatic carbocycles. The van der Waals surface area contributed by atoms with Crippen LogP contribution in [-0.4, -0.2) is 64.8 Å². The molecule has 1 atom stereocenters. The van der Waals surface area contributed by atoms with Crippen LogP contribution in [0.15, 0.2) is 0 Å². The van der Waals surface area contributed by atoms with Crippen molar-refractivity contribution in [3.05, 3.63) is 0 Å². The first kappa shape index (κ1) is 23.5. The first-order valence-corrected chi connectivity index (χ1v) is 11.9. The van der Waals surface area contributed by atoms with Gasteiger partial charge in [0.15, 0.2) is 0 Å². The van der Waals surface area contributed by atoms with Crippen molar-refractivity contribution < 1.29 is 19.2 Å². The molecule has 174 valence electrons. The zero-order chi connectivity index (χ0) is 22.8. The SMILES string of the molecule is CCC1CCC2(CC1)NC(=O)N(CC(=O)N1CCC(C(=O)NC(C)C(C)C)CC1)C2=O. The molecule has 8 heteroatoms. The third kappa shape index (κ3) is 5.04. The van der Waals surface area contributed by atoms with Crippen molar-refractivity contribution in [2.45, 2.75) is 84.2 Å². The Morgan fingerprint density at radius 1 is 1.10 bits per heavy atom. The number of carbonyl (C=O) groups is 4. The minimum absolute atomic E-state index is 0.0482. The van der Waals surface area contributed by atoms with E-state index in [-0.39, 0.29) is 36.2 Å². The van der Waals surface area contributed by atoms with Crippen LogP contribution in [0, 0.1) is 17.8 Å². The molecule has 1 saturated carbocycles. The quantitative estimate of drug-likeness (QED) is 0.627. The molecule has 2 N–H and O–H groups in total. The van der Waals surface area contributed by atoms with Gasteiger partial charge in [-0.15, -0.1) is 0 Å². The van der Waals surface area contributed by atoms with E-state index in [0.29, 0.717) is 50.6 Å². The van der Waals surface area contributed by atoms with Crippen molar-refractivity contribution in [1.29, 1.82) is 0 Å². The summed E-state index contributed by atoms with van der Waals surface area (Å²) in [5, 5.41) is 5.94. The number of likely N-dealkylation sites (tertiary alicyclic amines) is 1. The van der Waals surface area contributed by atoms with Crippen molar-refractivity contribution in [3.63, 3.8) is 0 Å². The Hall–Kier alpha value is -2.12. The average Bonchev–Trinajstić information content (AvgIpc) is 2.98. The number of carbonyl (C=O) groups excluding carboxylic acids is 4. The van der Waals surface area contributed by atoms with Gasteiger partial charge in [0.1, 0.15) is 12.1 Å². The molecule has 5 amide bonds. The minimum atomic E-state index is -0.818. The average molecular weight is 435 g/mol. The standard InChI is InChI=1S/C23H38N4O4/c1-5-17-6-10-23(11-7-17)21(30)27(22(31)25-23)14-19(28)26-12-8-18(9-13-26)20(29)24-16(4)15(2)3/h15-18H,5-14H2,1-4H3,(H,24,29)(H,25,31). The fraction of sp³-hybridized carbons (Fsp3) is 0.826. The number of hydrogen-bond acceptors (Lipinski definition) is 4. The highest BCUT2D eigenvalue weighted by molar-refractivity contribution is 6.09. The summed E-state index contributed by atoms with van der Waals surface area (Å²) in [5.41, 5.74) is -0.818. The lowest BCUT2D eigenvalue weighted by molar-refractivity contribution is -0.141. The van der Waals surface area contributed by atoms with Crippen LogP contribution in [0.25, 0.3) is 0 Å². The third-order valence-electron chi connectivity index (χ3n) is 7.66. The van der Waals surface area contributed by atoms with Crippen LogP contribution in [0.4, 0.5) is 4.79 Å². The largest absolute Gasteiger partial charge is 0.353 e. The summed E-state index contributed by atoms with van der Waals surface area (Å²) >= 11 is 0. The molecule has 0 aromatic rings. The number of imide groups is 1. The second-order valence-corrected chi connectivity index (χ2v) is 9.95. The summed E-state index contributed by atoms with van der Waals surface area (Å²) in [5.74, 6) is 0.448. The molecule has 3 rings (SSSR count). The highest BCUT2D eigenvalue weighted by Crippen LogP contribution is 2.37. The zero-order valence-electron chi connectivity index (χ0n) is 19.4. The summed E-state index contributed by atoms with van der Waals surface area (Å²) in [7, 11) is 0. The van der Waals surface area contributed by atoms with E-state index >= 15 is 0 Å².